The van der Waals surface area contributed by atoms with E-state index in [-0.39, 0.29) is 24.0 Å². The molecular formula is C21H37IN4O2. The van der Waals surface area contributed by atoms with Crippen LogP contribution in [0, 0.1) is 12.8 Å². The predicted molar refractivity (Wildman–Crippen MR) is 127 cm³/mol. The minimum atomic E-state index is 0. The summed E-state index contributed by atoms with van der Waals surface area (Å²) in [6, 6.07) is 8.14. The van der Waals surface area contributed by atoms with E-state index >= 15 is 0 Å². The number of likely N-dealkylation sites (tertiary alicyclic amines) is 1. The lowest BCUT2D eigenvalue weighted by Crippen LogP contribution is -2.40. The first-order valence-corrected chi connectivity index (χ1v) is 10.1. The van der Waals surface area contributed by atoms with Gasteiger partial charge >= 0.3 is 0 Å². The molecule has 2 rings (SSSR count). The Morgan fingerprint density at radius 3 is 2.50 bits per heavy atom. The molecule has 0 radical (unpaired) electrons. The van der Waals surface area contributed by atoms with Crippen molar-refractivity contribution < 1.29 is 9.47 Å². The van der Waals surface area contributed by atoms with Crippen LogP contribution in [0.2, 0.25) is 0 Å². The summed E-state index contributed by atoms with van der Waals surface area (Å²) in [7, 11) is 1.77. The molecule has 160 valence electrons. The average molecular weight is 504 g/mol. The van der Waals surface area contributed by atoms with Gasteiger partial charge in [0.15, 0.2) is 5.96 Å². The van der Waals surface area contributed by atoms with Gasteiger partial charge in [-0.15, -0.1) is 24.0 Å². The van der Waals surface area contributed by atoms with Crippen LogP contribution >= 0.6 is 24.0 Å². The van der Waals surface area contributed by atoms with E-state index < -0.39 is 0 Å². The number of guanidine groups is 1. The molecule has 1 aromatic rings. The summed E-state index contributed by atoms with van der Waals surface area (Å²) in [5, 5.41) is 6.69. The molecule has 1 fully saturated rings. The van der Waals surface area contributed by atoms with Crippen molar-refractivity contribution in [2.24, 2.45) is 10.9 Å². The summed E-state index contributed by atoms with van der Waals surface area (Å²) < 4.78 is 10.9. The van der Waals surface area contributed by atoms with Crippen molar-refractivity contribution in [2.45, 2.75) is 26.7 Å². The first-order chi connectivity index (χ1) is 13.2. The Labute approximate surface area is 187 Å². The van der Waals surface area contributed by atoms with Crippen LogP contribution in [0.3, 0.4) is 0 Å². The van der Waals surface area contributed by atoms with Crippen molar-refractivity contribution in [1.29, 1.82) is 0 Å². The second-order valence-electron chi connectivity index (χ2n) is 7.09. The van der Waals surface area contributed by atoms with Gasteiger partial charge in [-0.2, -0.15) is 0 Å². The maximum absolute atomic E-state index is 5.77. The van der Waals surface area contributed by atoms with Gasteiger partial charge in [-0.3, -0.25) is 4.99 Å². The van der Waals surface area contributed by atoms with Gasteiger partial charge in [-0.05, 0) is 57.8 Å². The van der Waals surface area contributed by atoms with E-state index in [0.717, 1.165) is 57.6 Å². The average Bonchev–Trinajstić information content (AvgIpc) is 2.70. The van der Waals surface area contributed by atoms with E-state index in [0.29, 0.717) is 12.5 Å². The summed E-state index contributed by atoms with van der Waals surface area (Å²) >= 11 is 0. The normalized spacial score (nSPS) is 15.8. The fraction of sp³-hybridized carbons (Fsp3) is 0.667. The highest BCUT2D eigenvalue weighted by atomic mass is 127. The SMILES string of the molecule is CCNC(=NCC1CCN(CCOC)CC1)NCCOc1ccc(C)cc1.I. The van der Waals surface area contributed by atoms with Gasteiger partial charge in [-0.25, -0.2) is 0 Å². The Kier molecular flexibility index (Phi) is 13.3. The Bertz CT molecular complexity index is 546. The summed E-state index contributed by atoms with van der Waals surface area (Å²) in [5.41, 5.74) is 1.24. The zero-order valence-corrected chi connectivity index (χ0v) is 19.9. The van der Waals surface area contributed by atoms with Gasteiger partial charge in [0.2, 0.25) is 0 Å². The third-order valence-corrected chi connectivity index (χ3v) is 4.85. The first-order valence-electron chi connectivity index (χ1n) is 10.1. The zero-order chi connectivity index (χ0) is 19.3. The largest absolute Gasteiger partial charge is 0.492 e. The van der Waals surface area contributed by atoms with Gasteiger partial charge in [0.1, 0.15) is 12.4 Å². The van der Waals surface area contributed by atoms with Crippen molar-refractivity contribution in [3.63, 3.8) is 0 Å². The minimum absolute atomic E-state index is 0. The molecule has 1 aromatic carbocycles. The fourth-order valence-corrected chi connectivity index (χ4v) is 3.15. The van der Waals surface area contributed by atoms with Crippen LogP contribution in [0.25, 0.3) is 0 Å². The Morgan fingerprint density at radius 1 is 1.14 bits per heavy atom. The molecule has 1 saturated heterocycles. The number of nitrogens with one attached hydrogen (secondary N) is 2. The molecule has 7 heteroatoms. The van der Waals surface area contributed by atoms with E-state index in [1.54, 1.807) is 7.11 Å². The van der Waals surface area contributed by atoms with Crippen LogP contribution in [-0.4, -0.2) is 70.5 Å². The molecule has 28 heavy (non-hydrogen) atoms. The predicted octanol–water partition coefficient (Wildman–Crippen LogP) is 2.91. The van der Waals surface area contributed by atoms with Crippen LogP contribution in [0.15, 0.2) is 29.3 Å². The van der Waals surface area contributed by atoms with Crippen molar-refractivity contribution in [3.05, 3.63) is 29.8 Å². The van der Waals surface area contributed by atoms with Crippen molar-refractivity contribution in [1.82, 2.24) is 15.5 Å². The Morgan fingerprint density at radius 2 is 1.86 bits per heavy atom. The zero-order valence-electron chi connectivity index (χ0n) is 17.6. The summed E-state index contributed by atoms with van der Waals surface area (Å²) in [6.45, 7) is 11.4. The van der Waals surface area contributed by atoms with E-state index in [1.807, 2.05) is 12.1 Å². The van der Waals surface area contributed by atoms with Crippen molar-refractivity contribution in [3.8, 4) is 5.75 Å². The van der Waals surface area contributed by atoms with Crippen LogP contribution in [0.5, 0.6) is 5.75 Å². The number of hydrogen-bond acceptors (Lipinski definition) is 4. The number of halogens is 1. The molecule has 0 atom stereocenters. The van der Waals surface area contributed by atoms with Crippen LogP contribution in [0.1, 0.15) is 25.3 Å². The molecule has 0 spiro atoms. The number of aliphatic imine (C=N–C) groups is 1. The third-order valence-electron chi connectivity index (χ3n) is 4.85. The number of aryl methyl sites for hydroxylation is 1. The molecule has 0 aliphatic carbocycles. The van der Waals surface area contributed by atoms with Crippen LogP contribution in [0.4, 0.5) is 0 Å². The lowest BCUT2D eigenvalue weighted by molar-refractivity contribution is 0.121. The Balaban J connectivity index is 0.00000392. The number of rotatable bonds is 10. The third kappa shape index (κ3) is 9.93. The quantitative estimate of drug-likeness (QED) is 0.222. The standard InChI is InChI=1S/C21H36N4O2.HI/c1-4-22-21(23-11-15-27-20-7-5-18(2)6-8-20)24-17-19-9-12-25(13-10-19)14-16-26-3;/h5-8,19H,4,9-17H2,1-3H3,(H2,22,23,24);1H. The lowest BCUT2D eigenvalue weighted by Gasteiger charge is -2.31. The monoisotopic (exact) mass is 504 g/mol. The highest BCUT2D eigenvalue weighted by Gasteiger charge is 2.18. The highest BCUT2D eigenvalue weighted by molar-refractivity contribution is 14.0. The molecular weight excluding hydrogens is 467 g/mol. The molecule has 0 bridgehead atoms. The molecule has 0 unspecified atom stereocenters. The van der Waals surface area contributed by atoms with E-state index in [1.165, 1.54) is 18.4 Å². The van der Waals surface area contributed by atoms with E-state index in [2.05, 4.69) is 41.5 Å². The second-order valence-corrected chi connectivity index (χ2v) is 7.09. The number of ether oxygens (including phenoxy) is 2. The smallest absolute Gasteiger partial charge is 0.191 e. The number of hydrogen-bond donors (Lipinski definition) is 2. The molecule has 0 saturated carbocycles. The molecule has 2 N–H and O–H groups in total. The lowest BCUT2D eigenvalue weighted by atomic mass is 9.97. The number of piperidine rings is 1. The van der Waals surface area contributed by atoms with Gasteiger partial charge in [0.05, 0.1) is 13.2 Å². The van der Waals surface area contributed by atoms with Gasteiger partial charge in [0.25, 0.3) is 0 Å². The number of benzene rings is 1. The minimum Gasteiger partial charge on any atom is -0.492 e. The number of methoxy groups -OCH3 is 1. The molecule has 0 amide bonds. The summed E-state index contributed by atoms with van der Waals surface area (Å²) in [6.07, 6.45) is 2.42. The molecule has 0 aromatic heterocycles. The molecule has 1 aliphatic heterocycles. The maximum atomic E-state index is 5.77. The molecule has 1 heterocycles. The summed E-state index contributed by atoms with van der Waals surface area (Å²) in [5.74, 6) is 2.46. The van der Waals surface area contributed by atoms with Crippen molar-refractivity contribution >= 4 is 29.9 Å². The van der Waals surface area contributed by atoms with Crippen LogP contribution in [-0.2, 0) is 4.74 Å². The maximum Gasteiger partial charge on any atom is 0.191 e. The number of nitrogens with zero attached hydrogens (tertiary/aromatic N) is 2. The molecule has 1 aliphatic rings. The second kappa shape index (κ2) is 14.9. The molecule has 6 nitrogen and oxygen atoms in total. The highest BCUT2D eigenvalue weighted by Crippen LogP contribution is 2.17. The van der Waals surface area contributed by atoms with E-state index in [4.69, 9.17) is 14.5 Å². The summed E-state index contributed by atoms with van der Waals surface area (Å²) in [4.78, 5) is 7.26. The van der Waals surface area contributed by atoms with Crippen LogP contribution < -0.4 is 15.4 Å². The van der Waals surface area contributed by atoms with Crippen molar-refractivity contribution in [2.75, 3.05) is 59.6 Å². The van der Waals surface area contributed by atoms with Gasteiger partial charge in [-0.1, -0.05) is 17.7 Å². The first kappa shape index (κ1) is 25.0. The van der Waals surface area contributed by atoms with E-state index in [9.17, 15) is 0 Å². The van der Waals surface area contributed by atoms with Gasteiger partial charge in [0, 0.05) is 26.7 Å². The van der Waals surface area contributed by atoms with Gasteiger partial charge < -0.3 is 25.0 Å². The fourth-order valence-electron chi connectivity index (χ4n) is 3.15. The topological polar surface area (TPSA) is 58.1 Å². The Hall–Kier alpha value is -1.06.